The van der Waals surface area contributed by atoms with E-state index < -0.39 is 0 Å². The number of hydrogen-bond acceptors (Lipinski definition) is 6. The van der Waals surface area contributed by atoms with Crippen molar-refractivity contribution in [3.63, 3.8) is 0 Å². The molecule has 0 amide bonds. The maximum Gasteiger partial charge on any atom is 0.215 e. The molecule has 0 unspecified atom stereocenters. The number of nitrogens with two attached hydrogens (primary N) is 1. The molecule has 0 aliphatic carbocycles. The van der Waals surface area contributed by atoms with Crippen molar-refractivity contribution in [2.24, 2.45) is 0 Å². The summed E-state index contributed by atoms with van der Waals surface area (Å²) in [5.41, 5.74) is 7.68. The first-order chi connectivity index (χ1) is 11.3. The van der Waals surface area contributed by atoms with Crippen molar-refractivity contribution in [2.75, 3.05) is 50.4 Å². The van der Waals surface area contributed by atoms with Gasteiger partial charge in [-0.15, -0.1) is 0 Å². The summed E-state index contributed by atoms with van der Waals surface area (Å²) in [6.07, 6.45) is 7.91. The number of ether oxygens (including phenoxy) is 1. The van der Waals surface area contributed by atoms with Gasteiger partial charge in [-0.2, -0.15) is 0 Å². The average Bonchev–Trinajstić information content (AvgIpc) is 2.60. The molecule has 2 aliphatic rings. The van der Waals surface area contributed by atoms with Crippen molar-refractivity contribution in [1.82, 2.24) is 15.2 Å². The second-order valence-corrected chi connectivity index (χ2v) is 6.53. The maximum absolute atomic E-state index is 6.05. The van der Waals surface area contributed by atoms with Crippen LogP contribution in [0.5, 0.6) is 5.88 Å². The lowest BCUT2D eigenvalue weighted by atomic mass is 10.1. The molecule has 2 aliphatic heterocycles. The highest BCUT2D eigenvalue weighted by Gasteiger charge is 2.15. The van der Waals surface area contributed by atoms with E-state index in [9.17, 15) is 0 Å². The normalized spacial score (nSPS) is 20.3. The molecule has 1 aromatic heterocycles. The number of piperidine rings is 2. The molecule has 4 N–H and O–H groups in total. The van der Waals surface area contributed by atoms with E-state index in [0.29, 0.717) is 24.2 Å². The molecule has 2 saturated heterocycles. The van der Waals surface area contributed by atoms with E-state index in [0.717, 1.165) is 38.2 Å². The number of nitrogens with zero attached hydrogens (tertiary/aromatic N) is 2. The van der Waals surface area contributed by atoms with Gasteiger partial charge in [0.05, 0.1) is 17.6 Å². The summed E-state index contributed by atoms with van der Waals surface area (Å²) in [5, 5.41) is 6.91. The molecule has 0 radical (unpaired) electrons. The Balaban J connectivity index is 1.50. The maximum atomic E-state index is 6.05. The van der Waals surface area contributed by atoms with Crippen LogP contribution in [0.2, 0.25) is 0 Å². The second kappa shape index (κ2) is 8.36. The van der Waals surface area contributed by atoms with Crippen LogP contribution in [0.15, 0.2) is 12.3 Å². The number of aromatic nitrogens is 1. The van der Waals surface area contributed by atoms with Crippen molar-refractivity contribution >= 4 is 11.4 Å². The van der Waals surface area contributed by atoms with Crippen LogP contribution >= 0.6 is 0 Å². The lowest BCUT2D eigenvalue weighted by Gasteiger charge is -2.26. The van der Waals surface area contributed by atoms with Crippen LogP contribution in [-0.4, -0.2) is 55.3 Å². The molecule has 6 nitrogen and oxygen atoms in total. The van der Waals surface area contributed by atoms with Gasteiger partial charge in [0.2, 0.25) is 5.88 Å². The molecule has 1 aromatic rings. The fourth-order valence-corrected chi connectivity index (χ4v) is 3.30. The van der Waals surface area contributed by atoms with Gasteiger partial charge < -0.3 is 21.1 Å². The van der Waals surface area contributed by atoms with E-state index in [1.54, 1.807) is 6.20 Å². The molecule has 0 atom stereocenters. The van der Waals surface area contributed by atoms with E-state index in [-0.39, 0.29) is 0 Å². The molecule has 128 valence electrons. The zero-order valence-electron chi connectivity index (χ0n) is 13.9. The summed E-state index contributed by atoms with van der Waals surface area (Å²) in [7, 11) is 0. The number of nitrogen functional groups attached to an aromatic ring is 1. The standard InChI is InChI=1S/C17H29N5O/c18-15-13-20-17(23-11-10-22-8-2-1-3-9-22)12-16(15)21-14-4-6-19-7-5-14/h12-14,19H,1-11,18H2,(H,20,21). The quantitative estimate of drug-likeness (QED) is 0.741. The first kappa shape index (κ1) is 16.3. The highest BCUT2D eigenvalue weighted by molar-refractivity contribution is 5.66. The van der Waals surface area contributed by atoms with Crippen molar-refractivity contribution < 1.29 is 4.74 Å². The molecule has 2 fully saturated rings. The minimum atomic E-state index is 0.474. The lowest BCUT2D eigenvalue weighted by Crippen LogP contribution is -2.35. The Labute approximate surface area is 138 Å². The summed E-state index contributed by atoms with van der Waals surface area (Å²) in [6.45, 7) is 6.17. The van der Waals surface area contributed by atoms with Crippen LogP contribution < -0.4 is 21.1 Å². The SMILES string of the molecule is Nc1cnc(OCCN2CCCCC2)cc1NC1CCNCC1. The molecule has 0 saturated carbocycles. The summed E-state index contributed by atoms with van der Waals surface area (Å²) in [5.74, 6) is 0.660. The number of likely N-dealkylation sites (tertiary alicyclic amines) is 1. The molecule has 3 rings (SSSR count). The predicted molar refractivity (Wildman–Crippen MR) is 93.9 cm³/mol. The predicted octanol–water partition coefficient (Wildman–Crippen LogP) is 1.69. The van der Waals surface area contributed by atoms with Crippen LogP contribution in [0, 0.1) is 0 Å². The van der Waals surface area contributed by atoms with Crippen LogP contribution in [0.25, 0.3) is 0 Å². The molecule has 0 bridgehead atoms. The van der Waals surface area contributed by atoms with Gasteiger partial charge in [0.25, 0.3) is 0 Å². The van der Waals surface area contributed by atoms with Gasteiger partial charge in [0.1, 0.15) is 6.61 Å². The minimum absolute atomic E-state index is 0.474. The highest BCUT2D eigenvalue weighted by Crippen LogP contribution is 2.24. The monoisotopic (exact) mass is 319 g/mol. The Morgan fingerprint density at radius 3 is 2.83 bits per heavy atom. The first-order valence-electron chi connectivity index (χ1n) is 8.89. The fraction of sp³-hybridized carbons (Fsp3) is 0.706. The Kier molecular flexibility index (Phi) is 5.93. The Morgan fingerprint density at radius 2 is 2.04 bits per heavy atom. The number of anilines is 2. The van der Waals surface area contributed by atoms with Gasteiger partial charge in [0.15, 0.2) is 0 Å². The number of hydrogen-bond donors (Lipinski definition) is 3. The number of rotatable bonds is 6. The van der Waals surface area contributed by atoms with Crippen LogP contribution in [-0.2, 0) is 0 Å². The minimum Gasteiger partial charge on any atom is -0.476 e. The first-order valence-corrected chi connectivity index (χ1v) is 8.89. The van der Waals surface area contributed by atoms with Crippen molar-refractivity contribution in [2.45, 2.75) is 38.1 Å². The third kappa shape index (κ3) is 4.97. The van der Waals surface area contributed by atoms with Crippen LogP contribution in [0.4, 0.5) is 11.4 Å². The van der Waals surface area contributed by atoms with Crippen LogP contribution in [0.3, 0.4) is 0 Å². The van der Waals surface area contributed by atoms with Crippen molar-refractivity contribution in [3.05, 3.63) is 12.3 Å². The Hall–Kier alpha value is -1.53. The van der Waals surface area contributed by atoms with Crippen molar-refractivity contribution in [3.8, 4) is 5.88 Å². The van der Waals surface area contributed by atoms with E-state index in [2.05, 4.69) is 20.5 Å². The second-order valence-electron chi connectivity index (χ2n) is 6.53. The van der Waals surface area contributed by atoms with Gasteiger partial charge >= 0.3 is 0 Å². The molecular formula is C17H29N5O. The van der Waals surface area contributed by atoms with E-state index in [1.165, 1.54) is 32.4 Å². The third-order valence-corrected chi connectivity index (χ3v) is 4.71. The smallest absolute Gasteiger partial charge is 0.215 e. The summed E-state index contributed by atoms with van der Waals surface area (Å²) >= 11 is 0. The molecule has 3 heterocycles. The van der Waals surface area contributed by atoms with Gasteiger partial charge in [-0.25, -0.2) is 4.98 Å². The van der Waals surface area contributed by atoms with Crippen LogP contribution in [0.1, 0.15) is 32.1 Å². The third-order valence-electron chi connectivity index (χ3n) is 4.71. The Morgan fingerprint density at radius 1 is 1.26 bits per heavy atom. The van der Waals surface area contributed by atoms with E-state index in [4.69, 9.17) is 10.5 Å². The molecule has 6 heteroatoms. The largest absolute Gasteiger partial charge is 0.476 e. The summed E-state index contributed by atoms with van der Waals surface area (Å²) in [4.78, 5) is 6.76. The van der Waals surface area contributed by atoms with Crippen molar-refractivity contribution in [1.29, 1.82) is 0 Å². The zero-order chi connectivity index (χ0) is 15.9. The molecule has 0 aromatic carbocycles. The fourth-order valence-electron chi connectivity index (χ4n) is 3.30. The van der Waals surface area contributed by atoms with E-state index >= 15 is 0 Å². The Bertz CT molecular complexity index is 484. The highest BCUT2D eigenvalue weighted by atomic mass is 16.5. The molecule has 23 heavy (non-hydrogen) atoms. The molecular weight excluding hydrogens is 290 g/mol. The summed E-state index contributed by atoms with van der Waals surface area (Å²) in [6, 6.07) is 2.41. The topological polar surface area (TPSA) is 75.4 Å². The van der Waals surface area contributed by atoms with Gasteiger partial charge in [-0.1, -0.05) is 6.42 Å². The lowest BCUT2D eigenvalue weighted by molar-refractivity contribution is 0.180. The molecule has 0 spiro atoms. The average molecular weight is 319 g/mol. The van der Waals surface area contributed by atoms with Gasteiger partial charge in [0, 0.05) is 18.7 Å². The zero-order valence-corrected chi connectivity index (χ0v) is 13.9. The summed E-state index contributed by atoms with van der Waals surface area (Å²) < 4.78 is 5.83. The number of pyridine rings is 1. The number of nitrogens with one attached hydrogen (secondary N) is 2. The van der Waals surface area contributed by atoms with E-state index in [1.807, 2.05) is 6.07 Å². The van der Waals surface area contributed by atoms with Gasteiger partial charge in [-0.05, 0) is 51.9 Å². The van der Waals surface area contributed by atoms with Gasteiger partial charge in [-0.3, -0.25) is 4.90 Å².